The van der Waals surface area contributed by atoms with Crippen molar-refractivity contribution in [3.05, 3.63) is 29.3 Å². The van der Waals surface area contributed by atoms with Crippen LogP contribution in [0.25, 0.3) is 0 Å². The number of anilines is 1. The first-order chi connectivity index (χ1) is 7.96. The average molecular weight is 230 g/mol. The quantitative estimate of drug-likeness (QED) is 0.747. The first-order valence-electron chi connectivity index (χ1n) is 5.69. The third-order valence-corrected chi connectivity index (χ3v) is 3.41. The smallest absolute Gasteiger partial charge is 0.150 e. The molecule has 0 aromatic heterocycles. The Hall–Kier alpha value is -1.82. The number of nitriles is 1. The van der Waals surface area contributed by atoms with Gasteiger partial charge in [-0.15, -0.1) is 0 Å². The van der Waals surface area contributed by atoms with Crippen molar-refractivity contribution in [3.63, 3.8) is 0 Å². The summed E-state index contributed by atoms with van der Waals surface area (Å²) in [6, 6.07) is 7.35. The SMILES string of the molecule is CCC(C)(C)N(C)c1ccc(C=O)cc1C#N. The third kappa shape index (κ3) is 2.65. The maximum absolute atomic E-state index is 10.7. The van der Waals surface area contributed by atoms with Crippen molar-refractivity contribution in [1.82, 2.24) is 0 Å². The van der Waals surface area contributed by atoms with Gasteiger partial charge >= 0.3 is 0 Å². The molecule has 3 heteroatoms. The zero-order chi connectivity index (χ0) is 13.1. The Bertz CT molecular complexity index is 458. The van der Waals surface area contributed by atoms with Crippen LogP contribution in [0.15, 0.2) is 18.2 Å². The highest BCUT2D eigenvalue weighted by atomic mass is 16.1. The monoisotopic (exact) mass is 230 g/mol. The van der Waals surface area contributed by atoms with Crippen LogP contribution in [0.3, 0.4) is 0 Å². The molecule has 1 rings (SSSR count). The Kier molecular flexibility index (Phi) is 3.90. The number of nitrogens with zero attached hydrogens (tertiary/aromatic N) is 2. The van der Waals surface area contributed by atoms with Crippen molar-refractivity contribution < 1.29 is 4.79 Å². The highest BCUT2D eigenvalue weighted by Gasteiger charge is 2.23. The van der Waals surface area contributed by atoms with Crippen LogP contribution in [0, 0.1) is 11.3 Å². The predicted molar refractivity (Wildman–Crippen MR) is 69.3 cm³/mol. The Balaban J connectivity index is 3.23. The molecule has 0 aliphatic carbocycles. The third-order valence-electron chi connectivity index (χ3n) is 3.41. The minimum absolute atomic E-state index is 0.0195. The molecule has 0 saturated carbocycles. The van der Waals surface area contributed by atoms with Crippen LogP contribution in [-0.4, -0.2) is 18.9 Å². The summed E-state index contributed by atoms with van der Waals surface area (Å²) < 4.78 is 0. The molecule has 0 aliphatic heterocycles. The van der Waals surface area contributed by atoms with Gasteiger partial charge in [0.2, 0.25) is 0 Å². The molecule has 3 nitrogen and oxygen atoms in total. The van der Waals surface area contributed by atoms with Crippen LogP contribution < -0.4 is 4.90 Å². The second-order valence-electron chi connectivity index (χ2n) is 4.73. The van der Waals surface area contributed by atoms with E-state index in [1.54, 1.807) is 12.1 Å². The van der Waals surface area contributed by atoms with E-state index in [1.165, 1.54) is 0 Å². The molecule has 0 N–H and O–H groups in total. The molecule has 0 saturated heterocycles. The van der Waals surface area contributed by atoms with Gasteiger partial charge in [0, 0.05) is 18.2 Å². The van der Waals surface area contributed by atoms with E-state index < -0.39 is 0 Å². The summed E-state index contributed by atoms with van der Waals surface area (Å²) in [5.74, 6) is 0. The fraction of sp³-hybridized carbons (Fsp3) is 0.429. The molecule has 0 atom stereocenters. The van der Waals surface area contributed by atoms with Crippen LogP contribution in [0.2, 0.25) is 0 Å². The second-order valence-corrected chi connectivity index (χ2v) is 4.73. The van der Waals surface area contributed by atoms with Gasteiger partial charge in [0.05, 0.1) is 11.3 Å². The van der Waals surface area contributed by atoms with Gasteiger partial charge in [0.1, 0.15) is 12.4 Å². The molecule has 0 amide bonds. The summed E-state index contributed by atoms with van der Waals surface area (Å²) >= 11 is 0. The maximum atomic E-state index is 10.7. The molecule has 0 heterocycles. The molecule has 0 radical (unpaired) electrons. The Morgan fingerprint density at radius 1 is 1.47 bits per heavy atom. The summed E-state index contributed by atoms with van der Waals surface area (Å²) in [4.78, 5) is 12.8. The van der Waals surface area contributed by atoms with Crippen molar-refractivity contribution in [1.29, 1.82) is 5.26 Å². The van der Waals surface area contributed by atoms with Crippen molar-refractivity contribution >= 4 is 12.0 Å². The molecule has 90 valence electrons. The van der Waals surface area contributed by atoms with Crippen LogP contribution >= 0.6 is 0 Å². The van der Waals surface area contributed by atoms with E-state index >= 15 is 0 Å². The first kappa shape index (κ1) is 13.2. The fourth-order valence-corrected chi connectivity index (χ4v) is 1.57. The predicted octanol–water partition coefficient (Wildman–Crippen LogP) is 3.00. The van der Waals surface area contributed by atoms with Crippen LogP contribution in [0.1, 0.15) is 43.1 Å². The van der Waals surface area contributed by atoms with Crippen molar-refractivity contribution in [2.45, 2.75) is 32.7 Å². The number of rotatable bonds is 4. The molecule has 1 aromatic carbocycles. The molecule has 0 bridgehead atoms. The summed E-state index contributed by atoms with van der Waals surface area (Å²) in [6.07, 6.45) is 1.74. The Morgan fingerprint density at radius 2 is 2.12 bits per heavy atom. The number of hydrogen-bond acceptors (Lipinski definition) is 3. The van der Waals surface area contributed by atoms with Crippen LogP contribution in [0.4, 0.5) is 5.69 Å². The fourth-order valence-electron chi connectivity index (χ4n) is 1.57. The largest absolute Gasteiger partial charge is 0.368 e. The summed E-state index contributed by atoms with van der Waals surface area (Å²) in [6.45, 7) is 6.37. The van der Waals surface area contributed by atoms with Crippen molar-refractivity contribution in [2.75, 3.05) is 11.9 Å². The van der Waals surface area contributed by atoms with E-state index in [1.807, 2.05) is 13.1 Å². The van der Waals surface area contributed by atoms with E-state index in [9.17, 15) is 4.79 Å². The Morgan fingerprint density at radius 3 is 2.59 bits per heavy atom. The minimum Gasteiger partial charge on any atom is -0.368 e. The van der Waals surface area contributed by atoms with Crippen molar-refractivity contribution in [2.24, 2.45) is 0 Å². The molecule has 0 fully saturated rings. The number of hydrogen-bond donors (Lipinski definition) is 0. The van der Waals surface area contributed by atoms with Gasteiger partial charge in [-0.1, -0.05) is 6.92 Å². The lowest BCUT2D eigenvalue weighted by Crippen LogP contribution is -2.40. The molecule has 17 heavy (non-hydrogen) atoms. The number of carbonyl (C=O) groups is 1. The second kappa shape index (κ2) is 5.01. The zero-order valence-electron chi connectivity index (χ0n) is 10.8. The maximum Gasteiger partial charge on any atom is 0.150 e. The average Bonchev–Trinajstić information content (AvgIpc) is 2.36. The highest BCUT2D eigenvalue weighted by Crippen LogP contribution is 2.28. The number of aldehydes is 1. The molecule has 1 aromatic rings. The molecular weight excluding hydrogens is 212 g/mol. The highest BCUT2D eigenvalue weighted by molar-refractivity contribution is 5.78. The van der Waals surface area contributed by atoms with E-state index in [-0.39, 0.29) is 5.54 Å². The number of benzene rings is 1. The lowest BCUT2D eigenvalue weighted by atomic mass is 9.97. The van der Waals surface area contributed by atoms with Gasteiger partial charge in [-0.05, 0) is 38.5 Å². The minimum atomic E-state index is -0.0195. The van der Waals surface area contributed by atoms with Crippen molar-refractivity contribution in [3.8, 4) is 6.07 Å². The molecular formula is C14H18N2O. The Labute approximate surface area is 103 Å². The molecule has 0 spiro atoms. The number of carbonyl (C=O) groups excluding carboxylic acids is 1. The first-order valence-corrected chi connectivity index (χ1v) is 5.69. The summed E-state index contributed by atoms with van der Waals surface area (Å²) in [5.41, 5.74) is 1.92. The van der Waals surface area contributed by atoms with Gasteiger partial charge in [0.25, 0.3) is 0 Å². The van der Waals surface area contributed by atoms with E-state index in [2.05, 4.69) is 31.7 Å². The van der Waals surface area contributed by atoms with Gasteiger partial charge in [-0.2, -0.15) is 5.26 Å². The van der Waals surface area contributed by atoms with E-state index in [0.29, 0.717) is 11.1 Å². The lowest BCUT2D eigenvalue weighted by Gasteiger charge is -2.37. The normalized spacial score (nSPS) is 10.8. The van der Waals surface area contributed by atoms with Crippen LogP contribution in [-0.2, 0) is 0 Å². The van der Waals surface area contributed by atoms with Gasteiger partial charge in [-0.25, -0.2) is 0 Å². The van der Waals surface area contributed by atoms with Crippen LogP contribution in [0.5, 0.6) is 0 Å². The molecule has 0 unspecified atom stereocenters. The van der Waals surface area contributed by atoms with E-state index in [0.717, 1.165) is 18.4 Å². The lowest BCUT2D eigenvalue weighted by molar-refractivity contribution is 0.112. The van der Waals surface area contributed by atoms with Gasteiger partial charge in [-0.3, -0.25) is 4.79 Å². The van der Waals surface area contributed by atoms with E-state index in [4.69, 9.17) is 5.26 Å². The summed E-state index contributed by atoms with van der Waals surface area (Å²) in [5, 5.41) is 9.13. The summed E-state index contributed by atoms with van der Waals surface area (Å²) in [7, 11) is 1.97. The van der Waals surface area contributed by atoms with Gasteiger partial charge < -0.3 is 4.90 Å². The standard InChI is InChI=1S/C14H18N2O/c1-5-14(2,3)16(4)13-7-6-11(10-17)8-12(13)9-15/h6-8,10H,5H2,1-4H3. The zero-order valence-corrected chi connectivity index (χ0v) is 10.8. The topological polar surface area (TPSA) is 44.1 Å². The molecule has 0 aliphatic rings. The van der Waals surface area contributed by atoms with Gasteiger partial charge in [0.15, 0.2) is 0 Å².